The molecule has 2 aromatic rings. The molecule has 115 valence electrons. The van der Waals surface area contributed by atoms with Crippen LogP contribution in [0.2, 0.25) is 0 Å². The average molecular weight is 320 g/mol. The van der Waals surface area contributed by atoms with Crippen molar-refractivity contribution >= 4 is 33.1 Å². The molecule has 2 N–H and O–H groups in total. The summed E-state index contributed by atoms with van der Waals surface area (Å²) >= 11 is 0. The van der Waals surface area contributed by atoms with Crippen LogP contribution in [0.4, 0.5) is 0 Å². The van der Waals surface area contributed by atoms with Crippen molar-refractivity contribution in [2.24, 2.45) is 0 Å². The number of benzene rings is 2. The van der Waals surface area contributed by atoms with Gasteiger partial charge in [0.25, 0.3) is 0 Å². The molecule has 6 nitrogen and oxygen atoms in total. The van der Waals surface area contributed by atoms with Gasteiger partial charge < -0.3 is 5.11 Å². The molecule has 1 atom stereocenters. The number of hydrogen-bond donors (Lipinski definition) is 2. The largest absolute Gasteiger partial charge is 0.481 e. The number of aliphatic carboxylic acids is 1. The third-order valence-electron chi connectivity index (χ3n) is 3.01. The first kappa shape index (κ1) is 16.1. The first-order valence-electron chi connectivity index (χ1n) is 6.47. The number of carboxylic acid groups (broad SMARTS) is 1. The Labute approximate surface area is 127 Å². The van der Waals surface area contributed by atoms with E-state index < -0.39 is 28.5 Å². The van der Waals surface area contributed by atoms with Gasteiger partial charge in [-0.1, -0.05) is 42.5 Å². The molecule has 0 aliphatic carbocycles. The molecule has 0 saturated heterocycles. The molecule has 2 rings (SSSR count). The fraction of sp³-hybridized carbons (Fsp3) is 0.200. The fourth-order valence-electron chi connectivity index (χ4n) is 2.09. The molecule has 0 spiro atoms. The zero-order valence-electron chi connectivity index (χ0n) is 11.5. The zero-order chi connectivity index (χ0) is 16.2. The highest BCUT2D eigenvalue weighted by molar-refractivity contribution is 7.88. The maximum atomic E-state index is 12.0. The molecule has 1 radical (unpaired) electrons. The van der Waals surface area contributed by atoms with Crippen LogP contribution in [-0.2, 0) is 25.4 Å². The highest BCUT2D eigenvalue weighted by Crippen LogP contribution is 2.17. The van der Waals surface area contributed by atoms with Crippen molar-refractivity contribution in [3.63, 3.8) is 0 Å². The summed E-state index contributed by atoms with van der Waals surface area (Å²) in [5.74, 6) is -1.61. The second kappa shape index (κ2) is 6.67. The first-order valence-corrected chi connectivity index (χ1v) is 8.12. The smallest absolute Gasteiger partial charge is 0.305 e. The Morgan fingerprint density at radius 3 is 2.50 bits per heavy atom. The van der Waals surface area contributed by atoms with Gasteiger partial charge in [0.15, 0.2) is 0 Å². The van der Waals surface area contributed by atoms with Crippen LogP contribution in [0.1, 0.15) is 12.0 Å². The summed E-state index contributed by atoms with van der Waals surface area (Å²) in [6, 6.07) is 11.4. The van der Waals surface area contributed by atoms with Crippen molar-refractivity contribution in [3.05, 3.63) is 48.0 Å². The third-order valence-corrected chi connectivity index (χ3v) is 4.37. The summed E-state index contributed by atoms with van der Waals surface area (Å²) in [5.41, 5.74) is 0.547. The SMILES string of the molecule is O=[C][C@H](CC(=O)O)NS(=O)(=O)Cc1ccc2ccccc2c1. The van der Waals surface area contributed by atoms with Crippen molar-refractivity contribution in [2.45, 2.75) is 18.2 Å². The van der Waals surface area contributed by atoms with Crippen LogP contribution < -0.4 is 4.72 Å². The highest BCUT2D eigenvalue weighted by atomic mass is 32.2. The summed E-state index contributed by atoms with van der Waals surface area (Å²) in [7, 11) is -3.84. The molecule has 0 amide bonds. The van der Waals surface area contributed by atoms with E-state index in [0.717, 1.165) is 10.8 Å². The van der Waals surface area contributed by atoms with Crippen LogP contribution in [0.25, 0.3) is 10.8 Å². The zero-order valence-corrected chi connectivity index (χ0v) is 12.3. The van der Waals surface area contributed by atoms with Crippen LogP contribution in [0, 0.1) is 0 Å². The topological polar surface area (TPSA) is 101 Å². The van der Waals surface area contributed by atoms with Crippen molar-refractivity contribution in [2.75, 3.05) is 0 Å². The lowest BCUT2D eigenvalue weighted by atomic mass is 10.1. The Morgan fingerprint density at radius 2 is 1.86 bits per heavy atom. The van der Waals surface area contributed by atoms with Gasteiger partial charge in [0.05, 0.1) is 18.2 Å². The molecule has 0 unspecified atom stereocenters. The fourth-order valence-corrected chi connectivity index (χ4v) is 3.36. The molecule has 7 heteroatoms. The van der Waals surface area contributed by atoms with E-state index in [0.29, 0.717) is 5.56 Å². The highest BCUT2D eigenvalue weighted by Gasteiger charge is 2.21. The predicted molar refractivity (Wildman–Crippen MR) is 81.4 cm³/mol. The molecular formula is C15H14NO5S. The lowest BCUT2D eigenvalue weighted by molar-refractivity contribution is -0.137. The molecule has 0 bridgehead atoms. The number of sulfonamides is 1. The lowest BCUT2D eigenvalue weighted by Gasteiger charge is -2.11. The van der Waals surface area contributed by atoms with Crippen molar-refractivity contribution in [1.29, 1.82) is 0 Å². The van der Waals surface area contributed by atoms with Crippen molar-refractivity contribution < 1.29 is 23.1 Å². The van der Waals surface area contributed by atoms with Crippen molar-refractivity contribution in [3.8, 4) is 0 Å². The molecule has 0 aliphatic heterocycles. The van der Waals surface area contributed by atoms with Crippen LogP contribution in [-0.4, -0.2) is 31.8 Å². The van der Waals surface area contributed by atoms with Crippen molar-refractivity contribution in [1.82, 2.24) is 4.72 Å². The van der Waals surface area contributed by atoms with E-state index in [1.807, 2.05) is 29.0 Å². The second-order valence-electron chi connectivity index (χ2n) is 4.83. The van der Waals surface area contributed by atoms with E-state index >= 15 is 0 Å². The number of carbonyl (C=O) groups is 1. The number of carboxylic acids is 1. The van der Waals surface area contributed by atoms with Gasteiger partial charge in [0, 0.05) is 0 Å². The van der Waals surface area contributed by atoms with Gasteiger partial charge in [-0.05, 0) is 16.3 Å². The monoisotopic (exact) mass is 320 g/mol. The molecule has 22 heavy (non-hydrogen) atoms. The molecule has 0 heterocycles. The van der Waals surface area contributed by atoms with Crippen LogP contribution in [0.15, 0.2) is 42.5 Å². The summed E-state index contributed by atoms with van der Waals surface area (Å²) in [4.78, 5) is 21.2. The standard InChI is InChI=1S/C15H14NO5S/c17-9-14(8-15(18)19)16-22(20,21)10-11-5-6-12-3-1-2-4-13(12)7-11/h1-7,14,16H,8,10H2,(H,18,19)/t14-/m0/s1. The number of rotatable bonds is 7. The van der Waals surface area contributed by atoms with E-state index in [4.69, 9.17) is 5.11 Å². The number of carbonyl (C=O) groups excluding carboxylic acids is 1. The van der Waals surface area contributed by atoms with Crippen LogP contribution in [0.3, 0.4) is 0 Å². The summed E-state index contributed by atoms with van der Waals surface area (Å²) in [6.45, 7) is 0. The number of nitrogens with one attached hydrogen (secondary N) is 1. The van der Waals surface area contributed by atoms with Crippen LogP contribution in [0.5, 0.6) is 0 Å². The van der Waals surface area contributed by atoms with Gasteiger partial charge in [-0.2, -0.15) is 0 Å². The Hall–Kier alpha value is -2.25. The minimum absolute atomic E-state index is 0.338. The van der Waals surface area contributed by atoms with E-state index in [1.54, 1.807) is 18.2 Å². The maximum absolute atomic E-state index is 12.0. The van der Waals surface area contributed by atoms with Crippen LogP contribution >= 0.6 is 0 Å². The molecule has 0 aliphatic rings. The summed E-state index contributed by atoms with van der Waals surface area (Å²) < 4.78 is 26.0. The lowest BCUT2D eigenvalue weighted by Crippen LogP contribution is -2.38. The van der Waals surface area contributed by atoms with E-state index in [9.17, 15) is 18.0 Å². The summed E-state index contributed by atoms with van der Waals surface area (Å²) in [5, 5.41) is 10.5. The normalized spacial score (nSPS) is 12.9. The molecule has 0 saturated carbocycles. The Kier molecular flexibility index (Phi) is 4.89. The minimum Gasteiger partial charge on any atom is -0.481 e. The Morgan fingerprint density at radius 1 is 1.18 bits per heavy atom. The Bertz CT molecular complexity index is 800. The first-order chi connectivity index (χ1) is 10.4. The number of hydrogen-bond acceptors (Lipinski definition) is 4. The molecule has 0 aromatic heterocycles. The van der Waals surface area contributed by atoms with Gasteiger partial charge in [-0.3, -0.25) is 9.59 Å². The quantitative estimate of drug-likeness (QED) is 0.798. The molecule has 0 fully saturated rings. The van der Waals surface area contributed by atoms with Gasteiger partial charge >= 0.3 is 5.97 Å². The second-order valence-corrected chi connectivity index (χ2v) is 6.58. The van der Waals surface area contributed by atoms with Gasteiger partial charge in [0.2, 0.25) is 16.3 Å². The average Bonchev–Trinajstić information content (AvgIpc) is 2.45. The maximum Gasteiger partial charge on any atom is 0.305 e. The Balaban J connectivity index is 2.15. The van der Waals surface area contributed by atoms with E-state index in [-0.39, 0.29) is 5.75 Å². The third kappa shape index (κ3) is 4.37. The van der Waals surface area contributed by atoms with E-state index in [2.05, 4.69) is 0 Å². The van der Waals surface area contributed by atoms with Gasteiger partial charge in [-0.25, -0.2) is 13.1 Å². The minimum atomic E-state index is -3.84. The number of fused-ring (bicyclic) bond motifs is 1. The van der Waals surface area contributed by atoms with Gasteiger partial charge in [-0.15, -0.1) is 0 Å². The summed E-state index contributed by atoms with van der Waals surface area (Å²) in [6.07, 6.45) is 0.745. The van der Waals surface area contributed by atoms with Gasteiger partial charge in [0.1, 0.15) is 0 Å². The molecule has 2 aromatic carbocycles. The predicted octanol–water partition coefficient (Wildman–Crippen LogP) is 1.21. The molecular weight excluding hydrogens is 306 g/mol. The van der Waals surface area contributed by atoms with E-state index in [1.165, 1.54) is 6.29 Å².